The molecule has 4 heteroatoms. The SMILES string of the molecule is CC(C)OC(=O)c1ccc(NC(=O)C[C@H]2C=CCC2)cc1. The Morgan fingerprint density at radius 2 is 2.00 bits per heavy atom. The highest BCUT2D eigenvalue weighted by Crippen LogP contribution is 2.21. The van der Waals surface area contributed by atoms with Crippen LogP contribution in [0.3, 0.4) is 0 Å². The van der Waals surface area contributed by atoms with Crippen molar-refractivity contribution in [1.29, 1.82) is 0 Å². The molecule has 0 bridgehead atoms. The van der Waals surface area contributed by atoms with Gasteiger partial charge in [-0.05, 0) is 56.9 Å². The maximum Gasteiger partial charge on any atom is 0.338 e. The van der Waals surface area contributed by atoms with Crippen molar-refractivity contribution in [2.45, 2.75) is 39.2 Å². The van der Waals surface area contributed by atoms with Gasteiger partial charge in [-0.1, -0.05) is 12.2 Å². The van der Waals surface area contributed by atoms with E-state index in [1.807, 2.05) is 13.8 Å². The number of amides is 1. The third-order valence-electron chi connectivity index (χ3n) is 3.31. The Labute approximate surface area is 125 Å². The molecule has 1 N–H and O–H groups in total. The summed E-state index contributed by atoms with van der Waals surface area (Å²) in [5.41, 5.74) is 1.18. The summed E-state index contributed by atoms with van der Waals surface area (Å²) in [6.45, 7) is 3.62. The van der Waals surface area contributed by atoms with Crippen LogP contribution >= 0.6 is 0 Å². The second kappa shape index (κ2) is 7.07. The number of anilines is 1. The molecule has 0 fully saturated rings. The molecule has 0 unspecified atom stereocenters. The van der Waals surface area contributed by atoms with Crippen LogP contribution in [0.2, 0.25) is 0 Å². The van der Waals surface area contributed by atoms with Crippen molar-refractivity contribution in [2.75, 3.05) is 5.32 Å². The number of hydrogen-bond donors (Lipinski definition) is 1. The van der Waals surface area contributed by atoms with Gasteiger partial charge >= 0.3 is 5.97 Å². The second-order valence-corrected chi connectivity index (χ2v) is 5.55. The molecule has 1 aliphatic rings. The van der Waals surface area contributed by atoms with Crippen molar-refractivity contribution < 1.29 is 14.3 Å². The van der Waals surface area contributed by atoms with Crippen LogP contribution in [0.1, 0.15) is 43.5 Å². The van der Waals surface area contributed by atoms with E-state index in [2.05, 4.69) is 17.5 Å². The summed E-state index contributed by atoms with van der Waals surface area (Å²) < 4.78 is 5.11. The van der Waals surface area contributed by atoms with Crippen molar-refractivity contribution in [3.63, 3.8) is 0 Å². The Bertz CT molecular complexity index is 531. The predicted octanol–water partition coefficient (Wildman–Crippen LogP) is 3.55. The molecule has 112 valence electrons. The average molecular weight is 287 g/mol. The molecule has 0 heterocycles. The number of carbonyl (C=O) groups excluding carboxylic acids is 2. The number of hydrogen-bond acceptors (Lipinski definition) is 3. The van der Waals surface area contributed by atoms with E-state index in [4.69, 9.17) is 4.74 Å². The van der Waals surface area contributed by atoms with E-state index in [0.717, 1.165) is 12.8 Å². The zero-order valence-corrected chi connectivity index (χ0v) is 12.5. The molecular weight excluding hydrogens is 266 g/mol. The maximum absolute atomic E-state index is 11.9. The van der Waals surface area contributed by atoms with E-state index in [-0.39, 0.29) is 18.0 Å². The summed E-state index contributed by atoms with van der Waals surface area (Å²) in [5, 5.41) is 2.85. The summed E-state index contributed by atoms with van der Waals surface area (Å²) in [6.07, 6.45) is 6.69. The van der Waals surface area contributed by atoms with Crippen molar-refractivity contribution in [3.05, 3.63) is 42.0 Å². The van der Waals surface area contributed by atoms with Gasteiger partial charge in [0.2, 0.25) is 5.91 Å². The fraction of sp³-hybridized carbons (Fsp3) is 0.412. The van der Waals surface area contributed by atoms with Gasteiger partial charge in [-0.2, -0.15) is 0 Å². The average Bonchev–Trinajstić information content (AvgIpc) is 2.91. The van der Waals surface area contributed by atoms with Gasteiger partial charge in [0.15, 0.2) is 0 Å². The van der Waals surface area contributed by atoms with Crippen molar-refractivity contribution in [2.24, 2.45) is 5.92 Å². The summed E-state index contributed by atoms with van der Waals surface area (Å²) >= 11 is 0. The first-order valence-electron chi connectivity index (χ1n) is 7.32. The number of esters is 1. The van der Waals surface area contributed by atoms with Gasteiger partial charge in [0.25, 0.3) is 0 Å². The van der Waals surface area contributed by atoms with Crippen LogP contribution in [0.5, 0.6) is 0 Å². The zero-order chi connectivity index (χ0) is 15.2. The van der Waals surface area contributed by atoms with Gasteiger partial charge in [-0.15, -0.1) is 0 Å². The summed E-state index contributed by atoms with van der Waals surface area (Å²) in [5.74, 6) is 0.00770. The third-order valence-corrected chi connectivity index (χ3v) is 3.31. The monoisotopic (exact) mass is 287 g/mol. The molecular formula is C17H21NO3. The first kappa shape index (κ1) is 15.3. The van der Waals surface area contributed by atoms with E-state index in [0.29, 0.717) is 23.6 Å². The molecule has 0 saturated carbocycles. The molecule has 0 radical (unpaired) electrons. The Morgan fingerprint density at radius 3 is 2.57 bits per heavy atom. The number of nitrogens with one attached hydrogen (secondary N) is 1. The largest absolute Gasteiger partial charge is 0.459 e. The number of benzene rings is 1. The fourth-order valence-corrected chi connectivity index (χ4v) is 2.29. The minimum atomic E-state index is -0.348. The molecule has 1 atom stereocenters. The highest BCUT2D eigenvalue weighted by Gasteiger charge is 2.14. The van der Waals surface area contributed by atoms with E-state index in [1.54, 1.807) is 24.3 Å². The molecule has 2 rings (SSSR count). The van der Waals surface area contributed by atoms with Crippen LogP contribution in [0.15, 0.2) is 36.4 Å². The van der Waals surface area contributed by atoms with E-state index >= 15 is 0 Å². The molecule has 1 aromatic carbocycles. The minimum absolute atomic E-state index is 0.00376. The van der Waals surface area contributed by atoms with E-state index in [9.17, 15) is 9.59 Å². The standard InChI is InChI=1S/C17H21NO3/c1-12(2)21-17(20)14-7-9-15(10-8-14)18-16(19)11-13-5-3-4-6-13/h3,5,7-10,12-13H,4,6,11H2,1-2H3,(H,18,19)/t13-/m0/s1. The molecule has 0 saturated heterocycles. The second-order valence-electron chi connectivity index (χ2n) is 5.55. The zero-order valence-electron chi connectivity index (χ0n) is 12.5. The van der Waals surface area contributed by atoms with Crippen molar-refractivity contribution >= 4 is 17.6 Å². The lowest BCUT2D eigenvalue weighted by Crippen LogP contribution is -2.15. The molecule has 0 spiro atoms. The summed E-state index contributed by atoms with van der Waals surface area (Å²) in [7, 11) is 0. The molecule has 1 aliphatic carbocycles. The fourth-order valence-electron chi connectivity index (χ4n) is 2.29. The Kier molecular flexibility index (Phi) is 5.14. The summed E-state index contributed by atoms with van der Waals surface area (Å²) in [6, 6.07) is 6.77. The first-order valence-corrected chi connectivity index (χ1v) is 7.32. The smallest absolute Gasteiger partial charge is 0.338 e. The third kappa shape index (κ3) is 4.74. The lowest BCUT2D eigenvalue weighted by Gasteiger charge is -2.10. The lowest BCUT2D eigenvalue weighted by molar-refractivity contribution is -0.116. The molecule has 1 aromatic rings. The van der Waals surface area contributed by atoms with E-state index < -0.39 is 0 Å². The minimum Gasteiger partial charge on any atom is -0.459 e. The Balaban J connectivity index is 1.88. The molecule has 0 aromatic heterocycles. The number of ether oxygens (including phenoxy) is 1. The highest BCUT2D eigenvalue weighted by molar-refractivity contribution is 5.93. The van der Waals surface area contributed by atoms with Crippen molar-refractivity contribution in [1.82, 2.24) is 0 Å². The van der Waals surface area contributed by atoms with Crippen LogP contribution in [0.25, 0.3) is 0 Å². The van der Waals surface area contributed by atoms with Gasteiger partial charge in [0, 0.05) is 12.1 Å². The molecule has 4 nitrogen and oxygen atoms in total. The van der Waals surface area contributed by atoms with Crippen LogP contribution in [-0.4, -0.2) is 18.0 Å². The van der Waals surface area contributed by atoms with Crippen LogP contribution in [0.4, 0.5) is 5.69 Å². The van der Waals surface area contributed by atoms with Crippen LogP contribution < -0.4 is 5.32 Å². The molecule has 1 amide bonds. The van der Waals surface area contributed by atoms with Crippen molar-refractivity contribution in [3.8, 4) is 0 Å². The lowest BCUT2D eigenvalue weighted by atomic mass is 10.0. The number of rotatable bonds is 5. The van der Waals surface area contributed by atoms with Gasteiger partial charge in [-0.3, -0.25) is 4.79 Å². The number of allylic oxidation sites excluding steroid dienone is 2. The molecule has 21 heavy (non-hydrogen) atoms. The first-order chi connectivity index (χ1) is 10.0. The Morgan fingerprint density at radius 1 is 1.29 bits per heavy atom. The summed E-state index contributed by atoms with van der Waals surface area (Å²) in [4.78, 5) is 23.6. The van der Waals surface area contributed by atoms with Crippen LogP contribution in [-0.2, 0) is 9.53 Å². The normalized spacial score (nSPS) is 17.0. The van der Waals surface area contributed by atoms with E-state index in [1.165, 1.54) is 0 Å². The quantitative estimate of drug-likeness (QED) is 0.665. The van der Waals surface area contributed by atoms with Gasteiger partial charge in [0.05, 0.1) is 11.7 Å². The predicted molar refractivity (Wildman–Crippen MR) is 82.1 cm³/mol. The van der Waals surface area contributed by atoms with Gasteiger partial charge in [-0.25, -0.2) is 4.79 Å². The Hall–Kier alpha value is -2.10. The van der Waals surface area contributed by atoms with Gasteiger partial charge in [0.1, 0.15) is 0 Å². The topological polar surface area (TPSA) is 55.4 Å². The van der Waals surface area contributed by atoms with Crippen LogP contribution in [0, 0.1) is 5.92 Å². The maximum atomic E-state index is 11.9. The highest BCUT2D eigenvalue weighted by atomic mass is 16.5. The van der Waals surface area contributed by atoms with Gasteiger partial charge < -0.3 is 10.1 Å². The number of carbonyl (C=O) groups is 2. The molecule has 0 aliphatic heterocycles.